The number of tetrazole rings is 1. The maximum atomic E-state index is 4.43. The first kappa shape index (κ1) is 16.4. The van der Waals surface area contributed by atoms with Crippen molar-refractivity contribution in [2.45, 2.75) is 45.3 Å². The summed E-state index contributed by atoms with van der Waals surface area (Å²) < 4.78 is 1.97. The molecule has 1 unspecified atom stereocenters. The lowest BCUT2D eigenvalue weighted by molar-refractivity contribution is 0.186. The monoisotopic (exact) mass is 353 g/mol. The molecule has 0 spiro atoms. The molecule has 3 aromatic rings. The minimum absolute atomic E-state index is 0.0776. The van der Waals surface area contributed by atoms with Crippen LogP contribution in [0.25, 0.3) is 0 Å². The Balaban J connectivity index is 1.76. The normalized spacial score (nSPS) is 16.6. The van der Waals surface area contributed by atoms with Crippen molar-refractivity contribution < 1.29 is 0 Å². The first-order valence-electron chi connectivity index (χ1n) is 8.66. The van der Waals surface area contributed by atoms with Crippen molar-refractivity contribution in [3.05, 3.63) is 63.6 Å². The van der Waals surface area contributed by atoms with E-state index in [0.717, 1.165) is 25.3 Å². The Hall–Kier alpha value is -2.05. The summed E-state index contributed by atoms with van der Waals surface area (Å²) in [6.07, 6.45) is 1.06. The molecule has 0 aliphatic carbocycles. The van der Waals surface area contributed by atoms with Crippen LogP contribution < -0.4 is 0 Å². The quantitative estimate of drug-likeness (QED) is 0.721. The van der Waals surface area contributed by atoms with Crippen molar-refractivity contribution in [2.24, 2.45) is 0 Å². The summed E-state index contributed by atoms with van der Waals surface area (Å²) in [5.74, 6) is 0.922. The third kappa shape index (κ3) is 3.12. The standard InChI is InChI=1S/C19H23N5S/c1-19(2,3)24-18(20-21-22-24)17(16-9-11-25-13-16)23-10-8-14-6-4-5-7-15(14)12-23/h4-7,9,11,13,17H,8,10,12H2,1-3H3. The summed E-state index contributed by atoms with van der Waals surface area (Å²) in [7, 11) is 0. The highest BCUT2D eigenvalue weighted by Crippen LogP contribution is 2.34. The maximum Gasteiger partial charge on any atom is 0.173 e. The minimum Gasteiger partial charge on any atom is -0.285 e. The van der Waals surface area contributed by atoms with Gasteiger partial charge in [-0.2, -0.15) is 11.3 Å². The van der Waals surface area contributed by atoms with Crippen molar-refractivity contribution in [2.75, 3.05) is 6.54 Å². The summed E-state index contributed by atoms with van der Waals surface area (Å²) in [6.45, 7) is 8.36. The summed E-state index contributed by atoms with van der Waals surface area (Å²) in [5.41, 5.74) is 3.98. The Labute approximate surface area is 152 Å². The molecule has 0 amide bonds. The van der Waals surface area contributed by atoms with Gasteiger partial charge in [0, 0.05) is 13.1 Å². The number of hydrogen-bond acceptors (Lipinski definition) is 5. The molecule has 130 valence electrons. The molecule has 0 saturated carbocycles. The molecule has 4 rings (SSSR count). The zero-order valence-corrected chi connectivity index (χ0v) is 15.7. The van der Waals surface area contributed by atoms with Gasteiger partial charge in [-0.3, -0.25) is 4.90 Å². The molecule has 0 radical (unpaired) electrons. The van der Waals surface area contributed by atoms with Crippen molar-refractivity contribution in [3.63, 3.8) is 0 Å². The number of nitrogens with zero attached hydrogens (tertiary/aromatic N) is 5. The number of aromatic nitrogens is 4. The second-order valence-corrected chi connectivity index (χ2v) is 8.35. The van der Waals surface area contributed by atoms with Crippen LogP contribution in [0.4, 0.5) is 0 Å². The van der Waals surface area contributed by atoms with Crippen LogP contribution in [0.2, 0.25) is 0 Å². The van der Waals surface area contributed by atoms with Crippen LogP contribution >= 0.6 is 11.3 Å². The van der Waals surface area contributed by atoms with E-state index in [1.807, 2.05) is 4.68 Å². The molecule has 0 saturated heterocycles. The lowest BCUT2D eigenvalue weighted by Gasteiger charge is -2.35. The largest absolute Gasteiger partial charge is 0.285 e. The van der Waals surface area contributed by atoms with Crippen molar-refractivity contribution in [3.8, 4) is 0 Å². The lowest BCUT2D eigenvalue weighted by atomic mass is 9.96. The Kier molecular flexibility index (Phi) is 4.17. The molecule has 0 N–H and O–H groups in total. The van der Waals surface area contributed by atoms with Crippen LogP contribution in [0.5, 0.6) is 0 Å². The second kappa shape index (κ2) is 6.35. The fourth-order valence-corrected chi connectivity index (χ4v) is 4.21. The van der Waals surface area contributed by atoms with Crippen molar-refractivity contribution in [1.82, 2.24) is 25.1 Å². The van der Waals surface area contributed by atoms with E-state index in [-0.39, 0.29) is 11.6 Å². The van der Waals surface area contributed by atoms with E-state index in [0.29, 0.717) is 0 Å². The van der Waals surface area contributed by atoms with Gasteiger partial charge in [0.25, 0.3) is 0 Å². The van der Waals surface area contributed by atoms with Gasteiger partial charge in [-0.15, -0.1) is 5.10 Å². The van der Waals surface area contributed by atoms with E-state index < -0.39 is 0 Å². The molecule has 1 aromatic carbocycles. The molecule has 2 aromatic heterocycles. The number of rotatable bonds is 3. The van der Waals surface area contributed by atoms with E-state index in [9.17, 15) is 0 Å². The average Bonchev–Trinajstić information content (AvgIpc) is 3.27. The predicted molar refractivity (Wildman–Crippen MR) is 99.5 cm³/mol. The minimum atomic E-state index is -0.152. The van der Waals surface area contributed by atoms with Crippen LogP contribution in [0.15, 0.2) is 41.1 Å². The molecule has 6 heteroatoms. The first-order valence-corrected chi connectivity index (χ1v) is 9.60. The Morgan fingerprint density at radius 1 is 1.12 bits per heavy atom. The van der Waals surface area contributed by atoms with Gasteiger partial charge < -0.3 is 0 Å². The molecule has 1 atom stereocenters. The zero-order chi connectivity index (χ0) is 17.4. The maximum absolute atomic E-state index is 4.43. The highest BCUT2D eigenvalue weighted by Gasteiger charge is 2.33. The fourth-order valence-electron chi connectivity index (χ4n) is 3.53. The Morgan fingerprint density at radius 2 is 1.92 bits per heavy atom. The van der Waals surface area contributed by atoms with Gasteiger partial charge >= 0.3 is 0 Å². The van der Waals surface area contributed by atoms with Crippen LogP contribution in [0, 0.1) is 0 Å². The third-order valence-electron chi connectivity index (χ3n) is 4.76. The Morgan fingerprint density at radius 3 is 2.64 bits per heavy atom. The average molecular weight is 353 g/mol. The summed E-state index contributed by atoms with van der Waals surface area (Å²) in [4.78, 5) is 2.50. The van der Waals surface area contributed by atoms with Crippen molar-refractivity contribution >= 4 is 11.3 Å². The van der Waals surface area contributed by atoms with E-state index in [4.69, 9.17) is 0 Å². The van der Waals surface area contributed by atoms with Crippen LogP contribution in [-0.4, -0.2) is 31.7 Å². The molecule has 1 aliphatic heterocycles. The second-order valence-electron chi connectivity index (χ2n) is 7.57. The summed E-state index contributed by atoms with van der Waals surface area (Å²) in [6, 6.07) is 11.0. The topological polar surface area (TPSA) is 46.8 Å². The van der Waals surface area contributed by atoms with E-state index in [2.05, 4.69) is 82.3 Å². The third-order valence-corrected chi connectivity index (χ3v) is 5.46. The molecule has 1 aliphatic rings. The molecule has 25 heavy (non-hydrogen) atoms. The number of thiophene rings is 1. The fraction of sp³-hybridized carbons (Fsp3) is 0.421. The summed E-state index contributed by atoms with van der Waals surface area (Å²) >= 11 is 1.72. The highest BCUT2D eigenvalue weighted by atomic mass is 32.1. The molecule has 0 fully saturated rings. The predicted octanol–water partition coefficient (Wildman–Crippen LogP) is 3.64. The number of fused-ring (bicyclic) bond motifs is 1. The molecular formula is C19H23N5S. The molecular weight excluding hydrogens is 330 g/mol. The van der Waals surface area contributed by atoms with Gasteiger partial charge in [-0.1, -0.05) is 24.3 Å². The van der Waals surface area contributed by atoms with Gasteiger partial charge in [-0.25, -0.2) is 4.68 Å². The van der Waals surface area contributed by atoms with Gasteiger partial charge in [-0.05, 0) is 71.1 Å². The van der Waals surface area contributed by atoms with Gasteiger partial charge in [0.05, 0.1) is 11.6 Å². The molecule has 5 nitrogen and oxygen atoms in total. The Bertz CT molecular complexity index is 847. The highest BCUT2D eigenvalue weighted by molar-refractivity contribution is 7.08. The van der Waals surface area contributed by atoms with Crippen molar-refractivity contribution in [1.29, 1.82) is 0 Å². The number of hydrogen-bond donors (Lipinski definition) is 0. The first-order chi connectivity index (χ1) is 12.0. The van der Waals surface area contributed by atoms with Gasteiger partial charge in [0.15, 0.2) is 5.82 Å². The summed E-state index contributed by atoms with van der Waals surface area (Å²) in [5, 5.41) is 17.1. The molecule has 0 bridgehead atoms. The lowest BCUT2D eigenvalue weighted by Crippen LogP contribution is -2.38. The van der Waals surface area contributed by atoms with Crippen LogP contribution in [0.1, 0.15) is 49.3 Å². The van der Waals surface area contributed by atoms with Crippen LogP contribution in [0.3, 0.4) is 0 Å². The molecule has 3 heterocycles. The van der Waals surface area contributed by atoms with E-state index >= 15 is 0 Å². The van der Waals surface area contributed by atoms with Crippen LogP contribution in [-0.2, 0) is 18.5 Å². The van der Waals surface area contributed by atoms with Gasteiger partial charge in [0.1, 0.15) is 0 Å². The van der Waals surface area contributed by atoms with Gasteiger partial charge in [0.2, 0.25) is 0 Å². The SMILES string of the molecule is CC(C)(C)n1nnnc1C(c1ccsc1)N1CCc2ccccc2C1. The zero-order valence-electron chi connectivity index (χ0n) is 14.9. The smallest absolute Gasteiger partial charge is 0.173 e. The number of benzene rings is 1. The van der Waals surface area contributed by atoms with E-state index in [1.54, 1.807) is 11.3 Å². The van der Waals surface area contributed by atoms with E-state index in [1.165, 1.54) is 16.7 Å².